The van der Waals surface area contributed by atoms with Crippen LogP contribution in [0.5, 0.6) is 0 Å². The zero-order chi connectivity index (χ0) is 18.8. The lowest BCUT2D eigenvalue weighted by molar-refractivity contribution is 0.0653. The molecule has 8 heteroatoms. The Morgan fingerprint density at radius 1 is 1.07 bits per heavy atom. The number of carbonyl (C=O) groups is 3. The van der Waals surface area contributed by atoms with E-state index in [1.54, 1.807) is 42.7 Å². The summed E-state index contributed by atoms with van der Waals surface area (Å²) >= 11 is 0. The van der Waals surface area contributed by atoms with Gasteiger partial charge in [-0.05, 0) is 36.8 Å². The van der Waals surface area contributed by atoms with Gasteiger partial charge in [-0.2, -0.15) is 0 Å². The second-order valence-electron chi connectivity index (χ2n) is 6.18. The molecule has 4 amide bonds. The third kappa shape index (κ3) is 3.24. The number of nitrogens with zero attached hydrogens (tertiary/aromatic N) is 2. The van der Waals surface area contributed by atoms with Crippen LogP contribution in [0.3, 0.4) is 0 Å². The Morgan fingerprint density at radius 2 is 1.81 bits per heavy atom. The number of nitrogens with one attached hydrogen (secondary N) is 3. The molecule has 4 rings (SSSR count). The molecule has 0 saturated carbocycles. The standard InChI is InChI=1S/C19H17N5O3/c25-17-13-4-1-2-5-14(13)18(26)24(17)9-3-8-20-19(27)23-12-6-7-15-16(10-12)22-11-21-15/h1-2,4-7,10-11H,3,8-9H2,(H,21,22)(H2,20,23,27). The molecule has 1 aliphatic rings. The maximum Gasteiger partial charge on any atom is 0.319 e. The topological polar surface area (TPSA) is 107 Å². The molecule has 1 aliphatic heterocycles. The minimum Gasteiger partial charge on any atom is -0.345 e. The Balaban J connectivity index is 1.26. The average molecular weight is 363 g/mol. The zero-order valence-corrected chi connectivity index (χ0v) is 14.4. The van der Waals surface area contributed by atoms with Crippen molar-refractivity contribution >= 4 is 34.6 Å². The summed E-state index contributed by atoms with van der Waals surface area (Å²) in [4.78, 5) is 44.8. The smallest absolute Gasteiger partial charge is 0.319 e. The molecule has 0 spiro atoms. The molecule has 0 saturated heterocycles. The minimum atomic E-state index is -0.351. The Hall–Kier alpha value is -3.68. The first-order valence-electron chi connectivity index (χ1n) is 8.57. The van der Waals surface area contributed by atoms with Gasteiger partial charge in [-0.15, -0.1) is 0 Å². The van der Waals surface area contributed by atoms with Crippen molar-refractivity contribution in [3.8, 4) is 0 Å². The molecule has 3 aromatic rings. The molecular weight excluding hydrogens is 346 g/mol. The van der Waals surface area contributed by atoms with E-state index in [9.17, 15) is 14.4 Å². The molecule has 2 heterocycles. The van der Waals surface area contributed by atoms with Crippen LogP contribution in [0.1, 0.15) is 27.1 Å². The number of anilines is 1. The molecule has 2 aromatic carbocycles. The Kier molecular flexibility index (Phi) is 4.29. The number of benzene rings is 2. The molecule has 3 N–H and O–H groups in total. The van der Waals surface area contributed by atoms with Gasteiger partial charge in [0, 0.05) is 18.8 Å². The predicted octanol–water partition coefficient (Wildman–Crippen LogP) is 2.37. The van der Waals surface area contributed by atoms with Crippen LogP contribution in [0.4, 0.5) is 10.5 Å². The van der Waals surface area contributed by atoms with Crippen molar-refractivity contribution in [1.29, 1.82) is 0 Å². The summed E-state index contributed by atoms with van der Waals surface area (Å²) in [5, 5.41) is 5.46. The molecule has 0 aliphatic carbocycles. The second-order valence-corrected chi connectivity index (χ2v) is 6.18. The fourth-order valence-electron chi connectivity index (χ4n) is 3.07. The van der Waals surface area contributed by atoms with Gasteiger partial charge in [0.1, 0.15) is 0 Å². The number of imide groups is 1. The number of hydrogen-bond donors (Lipinski definition) is 3. The summed E-state index contributed by atoms with van der Waals surface area (Å²) < 4.78 is 0. The van der Waals surface area contributed by atoms with Gasteiger partial charge in [0.15, 0.2) is 0 Å². The molecular formula is C19H17N5O3. The predicted molar refractivity (Wildman–Crippen MR) is 99.5 cm³/mol. The molecule has 8 nitrogen and oxygen atoms in total. The SMILES string of the molecule is O=C(NCCCN1C(=O)c2ccccc2C1=O)Nc1ccc2nc[nH]c2c1. The maximum atomic E-state index is 12.3. The first-order valence-corrected chi connectivity index (χ1v) is 8.57. The van der Waals surface area contributed by atoms with E-state index in [-0.39, 0.29) is 24.4 Å². The van der Waals surface area contributed by atoms with E-state index in [1.807, 2.05) is 6.07 Å². The summed E-state index contributed by atoms with van der Waals surface area (Å²) in [6.07, 6.45) is 2.06. The number of rotatable bonds is 5. The van der Waals surface area contributed by atoms with Crippen LogP contribution in [0.25, 0.3) is 11.0 Å². The maximum absolute atomic E-state index is 12.3. The lowest BCUT2D eigenvalue weighted by atomic mass is 10.1. The van der Waals surface area contributed by atoms with Gasteiger partial charge in [0.25, 0.3) is 11.8 Å². The normalized spacial score (nSPS) is 13.1. The van der Waals surface area contributed by atoms with E-state index < -0.39 is 0 Å². The monoisotopic (exact) mass is 363 g/mol. The van der Waals surface area contributed by atoms with Gasteiger partial charge in [-0.25, -0.2) is 9.78 Å². The van der Waals surface area contributed by atoms with Crippen LogP contribution in [-0.2, 0) is 0 Å². The zero-order valence-electron chi connectivity index (χ0n) is 14.4. The van der Waals surface area contributed by atoms with Gasteiger partial charge in [-0.3, -0.25) is 14.5 Å². The van der Waals surface area contributed by atoms with Crippen LogP contribution >= 0.6 is 0 Å². The van der Waals surface area contributed by atoms with E-state index in [4.69, 9.17) is 0 Å². The Bertz CT molecular complexity index is 1010. The number of aromatic amines is 1. The number of carbonyl (C=O) groups excluding carboxylic acids is 3. The van der Waals surface area contributed by atoms with E-state index in [2.05, 4.69) is 20.6 Å². The van der Waals surface area contributed by atoms with Gasteiger partial charge in [-0.1, -0.05) is 12.1 Å². The second kappa shape index (κ2) is 6.91. The molecule has 0 unspecified atom stereocenters. The first-order chi connectivity index (χ1) is 13.1. The summed E-state index contributed by atoms with van der Waals surface area (Å²) in [5.74, 6) is -0.569. The highest BCUT2D eigenvalue weighted by molar-refractivity contribution is 6.21. The molecule has 0 bridgehead atoms. The fraction of sp³-hybridized carbons (Fsp3) is 0.158. The lowest BCUT2D eigenvalue weighted by Gasteiger charge is -2.14. The average Bonchev–Trinajstić information content (AvgIpc) is 3.23. The van der Waals surface area contributed by atoms with Crippen molar-refractivity contribution in [2.45, 2.75) is 6.42 Å². The Labute approximate surface area is 154 Å². The largest absolute Gasteiger partial charge is 0.345 e. The van der Waals surface area contributed by atoms with E-state index in [0.717, 1.165) is 11.0 Å². The van der Waals surface area contributed by atoms with Crippen molar-refractivity contribution < 1.29 is 14.4 Å². The quantitative estimate of drug-likeness (QED) is 0.478. The molecule has 0 atom stereocenters. The number of aromatic nitrogens is 2. The summed E-state index contributed by atoms with van der Waals surface area (Å²) in [6, 6.07) is 11.8. The van der Waals surface area contributed by atoms with Gasteiger partial charge >= 0.3 is 6.03 Å². The highest BCUT2D eigenvalue weighted by Gasteiger charge is 2.34. The lowest BCUT2D eigenvalue weighted by Crippen LogP contribution is -2.35. The number of H-pyrrole nitrogens is 1. The summed E-state index contributed by atoms with van der Waals surface area (Å²) in [6.45, 7) is 0.596. The number of imidazole rings is 1. The van der Waals surface area contributed by atoms with Crippen LogP contribution in [0, 0.1) is 0 Å². The van der Waals surface area contributed by atoms with E-state index in [0.29, 0.717) is 29.8 Å². The van der Waals surface area contributed by atoms with Crippen molar-refractivity contribution in [2.24, 2.45) is 0 Å². The molecule has 0 radical (unpaired) electrons. The van der Waals surface area contributed by atoms with Crippen molar-refractivity contribution in [2.75, 3.05) is 18.4 Å². The van der Waals surface area contributed by atoms with E-state index in [1.165, 1.54) is 4.90 Å². The summed E-state index contributed by atoms with van der Waals surface area (Å²) in [5.41, 5.74) is 3.16. The minimum absolute atomic E-state index is 0.257. The van der Waals surface area contributed by atoms with Crippen LogP contribution in [-0.4, -0.2) is 45.8 Å². The third-order valence-corrected chi connectivity index (χ3v) is 4.40. The van der Waals surface area contributed by atoms with Crippen LogP contribution < -0.4 is 10.6 Å². The molecule has 1 aromatic heterocycles. The van der Waals surface area contributed by atoms with Crippen molar-refractivity contribution in [3.05, 3.63) is 59.9 Å². The fourth-order valence-corrected chi connectivity index (χ4v) is 3.07. The third-order valence-electron chi connectivity index (χ3n) is 4.40. The molecule has 27 heavy (non-hydrogen) atoms. The molecule has 0 fully saturated rings. The number of hydrogen-bond acceptors (Lipinski definition) is 4. The number of fused-ring (bicyclic) bond motifs is 2. The molecule has 136 valence electrons. The van der Waals surface area contributed by atoms with Crippen molar-refractivity contribution in [3.63, 3.8) is 0 Å². The first kappa shape index (κ1) is 16.8. The highest BCUT2D eigenvalue weighted by atomic mass is 16.2. The number of amides is 4. The van der Waals surface area contributed by atoms with Gasteiger partial charge < -0.3 is 15.6 Å². The highest BCUT2D eigenvalue weighted by Crippen LogP contribution is 2.22. The van der Waals surface area contributed by atoms with E-state index >= 15 is 0 Å². The number of urea groups is 1. The summed E-state index contributed by atoms with van der Waals surface area (Å²) in [7, 11) is 0. The van der Waals surface area contributed by atoms with Crippen molar-refractivity contribution in [1.82, 2.24) is 20.2 Å². The van der Waals surface area contributed by atoms with Crippen LogP contribution in [0.15, 0.2) is 48.8 Å². The van der Waals surface area contributed by atoms with Gasteiger partial charge in [0.2, 0.25) is 0 Å². The van der Waals surface area contributed by atoms with Crippen LogP contribution in [0.2, 0.25) is 0 Å². The Morgan fingerprint density at radius 3 is 2.56 bits per heavy atom. The van der Waals surface area contributed by atoms with Gasteiger partial charge in [0.05, 0.1) is 28.5 Å².